The van der Waals surface area contributed by atoms with Crippen LogP contribution in [0, 0.1) is 11.6 Å². The van der Waals surface area contributed by atoms with Crippen molar-refractivity contribution in [2.75, 3.05) is 5.32 Å². The van der Waals surface area contributed by atoms with Crippen LogP contribution in [-0.2, 0) is 0 Å². The van der Waals surface area contributed by atoms with E-state index in [1.165, 1.54) is 47.5 Å². The molecule has 11 heteroatoms. The van der Waals surface area contributed by atoms with Gasteiger partial charge in [-0.15, -0.1) is 13.2 Å². The minimum absolute atomic E-state index is 0.0605. The van der Waals surface area contributed by atoms with Crippen molar-refractivity contribution < 1.29 is 31.5 Å². The van der Waals surface area contributed by atoms with Gasteiger partial charge in [-0.25, -0.2) is 13.5 Å². The summed E-state index contributed by atoms with van der Waals surface area (Å²) >= 11 is 0. The Hall–Kier alpha value is -4.28. The molecule has 33 heavy (non-hydrogen) atoms. The molecule has 6 nitrogen and oxygen atoms in total. The lowest BCUT2D eigenvalue weighted by atomic mass is 10.2. The zero-order valence-electron chi connectivity index (χ0n) is 16.5. The molecule has 0 saturated heterocycles. The monoisotopic (exact) mass is 460 g/mol. The van der Waals surface area contributed by atoms with E-state index in [0.29, 0.717) is 11.3 Å². The highest BCUT2D eigenvalue weighted by Gasteiger charge is 2.31. The van der Waals surface area contributed by atoms with Gasteiger partial charge in [0.15, 0.2) is 5.82 Å². The molecule has 2 aromatic carbocycles. The molecule has 0 unspecified atom stereocenters. The van der Waals surface area contributed by atoms with Crippen molar-refractivity contribution in [2.24, 2.45) is 0 Å². The topological polar surface area (TPSA) is 69.0 Å². The minimum atomic E-state index is -4.80. The lowest BCUT2D eigenvalue weighted by Crippen LogP contribution is -2.17. The second-order valence-corrected chi connectivity index (χ2v) is 6.73. The van der Waals surface area contributed by atoms with E-state index in [1.807, 2.05) is 0 Å². The summed E-state index contributed by atoms with van der Waals surface area (Å²) in [7, 11) is 0. The molecule has 0 aliphatic rings. The zero-order chi connectivity index (χ0) is 23.6. The highest BCUT2D eigenvalue weighted by molar-refractivity contribution is 6.04. The smallest absolute Gasteiger partial charge is 0.406 e. The number of aromatic nitrogens is 3. The van der Waals surface area contributed by atoms with Crippen molar-refractivity contribution >= 4 is 11.6 Å². The number of alkyl halides is 3. The third-order valence-corrected chi connectivity index (χ3v) is 4.41. The number of benzene rings is 2. The first-order valence-electron chi connectivity index (χ1n) is 9.32. The molecular weight excluding hydrogens is 447 g/mol. The molecule has 4 aromatic rings. The van der Waals surface area contributed by atoms with Crippen LogP contribution in [0.15, 0.2) is 73.2 Å². The molecule has 2 aromatic heterocycles. The first kappa shape index (κ1) is 21.9. The lowest BCUT2D eigenvalue weighted by Gasteiger charge is -2.10. The highest BCUT2D eigenvalue weighted by Crippen LogP contribution is 2.24. The second-order valence-electron chi connectivity index (χ2n) is 6.73. The SMILES string of the molecule is O=C(Nc1ccc(OC(F)(F)F)cc1)c1ccc(-c2cnn(-c3ccc(F)cc3F)c2)nc1. The third-order valence-electron chi connectivity index (χ3n) is 4.41. The van der Waals surface area contributed by atoms with E-state index >= 15 is 0 Å². The van der Waals surface area contributed by atoms with E-state index in [0.717, 1.165) is 24.3 Å². The van der Waals surface area contributed by atoms with Crippen molar-refractivity contribution in [3.63, 3.8) is 0 Å². The number of amides is 1. The van der Waals surface area contributed by atoms with Crippen LogP contribution in [-0.4, -0.2) is 27.0 Å². The van der Waals surface area contributed by atoms with Crippen LogP contribution in [0.5, 0.6) is 5.75 Å². The van der Waals surface area contributed by atoms with Gasteiger partial charge in [-0.05, 0) is 48.5 Å². The molecule has 0 saturated carbocycles. The van der Waals surface area contributed by atoms with Gasteiger partial charge in [0, 0.05) is 29.7 Å². The Morgan fingerprint density at radius 2 is 1.73 bits per heavy atom. The molecule has 0 bridgehead atoms. The van der Waals surface area contributed by atoms with E-state index in [1.54, 1.807) is 6.07 Å². The van der Waals surface area contributed by atoms with E-state index in [2.05, 4.69) is 20.1 Å². The zero-order valence-corrected chi connectivity index (χ0v) is 16.5. The first-order valence-corrected chi connectivity index (χ1v) is 9.32. The molecule has 0 radical (unpaired) electrons. The molecule has 0 atom stereocenters. The summed E-state index contributed by atoms with van der Waals surface area (Å²) in [6.07, 6.45) is -0.554. The number of pyridine rings is 1. The van der Waals surface area contributed by atoms with Gasteiger partial charge in [-0.3, -0.25) is 9.78 Å². The van der Waals surface area contributed by atoms with E-state index in [-0.39, 0.29) is 16.9 Å². The number of rotatable bonds is 5. The molecule has 0 aliphatic heterocycles. The van der Waals surface area contributed by atoms with Crippen LogP contribution in [0.25, 0.3) is 16.9 Å². The average Bonchev–Trinajstić information content (AvgIpc) is 3.24. The Labute approximate surface area is 183 Å². The van der Waals surface area contributed by atoms with Gasteiger partial charge in [0.2, 0.25) is 0 Å². The fraction of sp³-hybridized carbons (Fsp3) is 0.0455. The number of ether oxygens (including phenoxy) is 1. The van der Waals surface area contributed by atoms with E-state index < -0.39 is 29.7 Å². The maximum atomic E-state index is 13.9. The van der Waals surface area contributed by atoms with Crippen molar-refractivity contribution in [2.45, 2.75) is 6.36 Å². The number of carbonyl (C=O) groups is 1. The Morgan fingerprint density at radius 1 is 0.970 bits per heavy atom. The Morgan fingerprint density at radius 3 is 2.36 bits per heavy atom. The maximum Gasteiger partial charge on any atom is 0.573 e. The second kappa shape index (κ2) is 8.69. The van der Waals surface area contributed by atoms with Crippen molar-refractivity contribution in [3.05, 3.63) is 90.4 Å². The van der Waals surface area contributed by atoms with Gasteiger partial charge in [-0.1, -0.05) is 0 Å². The fourth-order valence-electron chi connectivity index (χ4n) is 2.90. The summed E-state index contributed by atoms with van der Waals surface area (Å²) in [6.45, 7) is 0. The number of nitrogens with zero attached hydrogens (tertiary/aromatic N) is 3. The summed E-state index contributed by atoms with van der Waals surface area (Å²) in [5, 5.41) is 6.59. The number of hydrogen-bond donors (Lipinski definition) is 1. The largest absolute Gasteiger partial charge is 0.573 e. The standard InChI is InChI=1S/C22H13F5N4O2/c23-15-2-8-20(18(24)9-15)31-12-14(11-29-31)19-7-1-13(10-28-19)21(32)30-16-3-5-17(6-4-16)33-22(25,26)27/h1-12H,(H,30,32). The van der Waals surface area contributed by atoms with Crippen LogP contribution in [0.1, 0.15) is 10.4 Å². The van der Waals surface area contributed by atoms with Crippen LogP contribution in [0.4, 0.5) is 27.6 Å². The van der Waals surface area contributed by atoms with Crippen LogP contribution in [0.3, 0.4) is 0 Å². The quantitative estimate of drug-likeness (QED) is 0.407. The molecule has 1 N–H and O–H groups in total. The van der Waals surface area contributed by atoms with Gasteiger partial charge in [-0.2, -0.15) is 5.10 Å². The first-order chi connectivity index (χ1) is 15.7. The van der Waals surface area contributed by atoms with Crippen LogP contribution < -0.4 is 10.1 Å². The van der Waals surface area contributed by atoms with E-state index in [9.17, 15) is 26.7 Å². The summed E-state index contributed by atoms with van der Waals surface area (Å²) in [5.74, 6) is -2.41. The summed E-state index contributed by atoms with van der Waals surface area (Å²) < 4.78 is 68.7. The fourth-order valence-corrected chi connectivity index (χ4v) is 2.90. The third kappa shape index (κ3) is 5.32. The van der Waals surface area contributed by atoms with Crippen molar-refractivity contribution in [1.29, 1.82) is 0 Å². The minimum Gasteiger partial charge on any atom is -0.406 e. The number of halogens is 5. The summed E-state index contributed by atoms with van der Waals surface area (Å²) in [5.41, 5.74) is 1.51. The predicted octanol–water partition coefficient (Wildman–Crippen LogP) is 5.36. The molecule has 0 spiro atoms. The Bertz CT molecular complexity index is 1290. The lowest BCUT2D eigenvalue weighted by molar-refractivity contribution is -0.274. The van der Waals surface area contributed by atoms with Gasteiger partial charge < -0.3 is 10.1 Å². The molecule has 4 rings (SSSR count). The molecule has 0 aliphatic carbocycles. The number of hydrogen-bond acceptors (Lipinski definition) is 4. The highest BCUT2D eigenvalue weighted by atomic mass is 19.4. The van der Waals surface area contributed by atoms with Gasteiger partial charge in [0.05, 0.1) is 17.5 Å². The average molecular weight is 460 g/mol. The number of anilines is 1. The summed E-state index contributed by atoms with van der Waals surface area (Å²) in [6, 6.07) is 10.9. The van der Waals surface area contributed by atoms with Gasteiger partial charge in [0.25, 0.3) is 5.91 Å². The van der Waals surface area contributed by atoms with Gasteiger partial charge >= 0.3 is 6.36 Å². The maximum absolute atomic E-state index is 13.9. The molecule has 2 heterocycles. The molecule has 0 fully saturated rings. The number of nitrogens with one attached hydrogen (secondary N) is 1. The Kier molecular flexibility index (Phi) is 5.78. The normalized spacial score (nSPS) is 11.3. The summed E-state index contributed by atoms with van der Waals surface area (Å²) in [4.78, 5) is 16.6. The van der Waals surface area contributed by atoms with E-state index in [4.69, 9.17) is 0 Å². The van der Waals surface area contributed by atoms with Crippen molar-refractivity contribution in [1.82, 2.24) is 14.8 Å². The molecular formula is C22H13F5N4O2. The Balaban J connectivity index is 1.44. The van der Waals surface area contributed by atoms with Gasteiger partial charge in [0.1, 0.15) is 17.3 Å². The number of carbonyl (C=O) groups excluding carboxylic acids is 1. The van der Waals surface area contributed by atoms with Crippen molar-refractivity contribution in [3.8, 4) is 22.7 Å². The predicted molar refractivity (Wildman–Crippen MR) is 108 cm³/mol. The molecule has 1 amide bonds. The van der Waals surface area contributed by atoms with Crippen LogP contribution >= 0.6 is 0 Å². The van der Waals surface area contributed by atoms with Crippen LogP contribution in [0.2, 0.25) is 0 Å². The molecule has 168 valence electrons.